The van der Waals surface area contributed by atoms with Crippen molar-refractivity contribution in [1.29, 1.82) is 0 Å². The second kappa shape index (κ2) is 6.75. The molecule has 0 amide bonds. The van der Waals surface area contributed by atoms with Gasteiger partial charge in [0.15, 0.2) is 11.6 Å². The van der Waals surface area contributed by atoms with E-state index in [4.69, 9.17) is 4.74 Å². The molecule has 1 aromatic heterocycles. The van der Waals surface area contributed by atoms with Gasteiger partial charge in [-0.05, 0) is 12.5 Å². The summed E-state index contributed by atoms with van der Waals surface area (Å²) in [6.07, 6.45) is 1.55. The van der Waals surface area contributed by atoms with Crippen LogP contribution in [0.4, 0.5) is 11.6 Å². The molecule has 1 aromatic carbocycles. The van der Waals surface area contributed by atoms with Crippen LogP contribution in [0.1, 0.15) is 12.5 Å². The van der Waals surface area contributed by atoms with Crippen molar-refractivity contribution in [3.05, 3.63) is 42.2 Å². The topological polar surface area (TPSA) is 50.3 Å². The van der Waals surface area contributed by atoms with Crippen LogP contribution >= 0.6 is 0 Å². The zero-order valence-corrected chi connectivity index (χ0v) is 12.1. The summed E-state index contributed by atoms with van der Waals surface area (Å²) >= 11 is 0. The first-order chi connectivity index (χ1) is 9.76. The molecule has 1 heterocycles. The van der Waals surface area contributed by atoms with E-state index in [0.29, 0.717) is 5.75 Å². The molecule has 0 atom stereocenters. The van der Waals surface area contributed by atoms with E-state index in [1.807, 2.05) is 32.2 Å². The normalized spacial score (nSPS) is 10.2. The predicted molar refractivity (Wildman–Crippen MR) is 81.3 cm³/mol. The van der Waals surface area contributed by atoms with Gasteiger partial charge < -0.3 is 15.0 Å². The third-order valence-corrected chi connectivity index (χ3v) is 2.96. The van der Waals surface area contributed by atoms with Gasteiger partial charge in [-0.15, -0.1) is 0 Å². The lowest BCUT2D eigenvalue weighted by molar-refractivity contribution is 0.412. The van der Waals surface area contributed by atoms with Crippen LogP contribution in [0.25, 0.3) is 0 Å². The molecule has 2 rings (SSSR count). The van der Waals surface area contributed by atoms with Crippen LogP contribution in [0.2, 0.25) is 0 Å². The van der Waals surface area contributed by atoms with E-state index in [2.05, 4.69) is 32.3 Å². The minimum Gasteiger partial charge on any atom is -0.490 e. The highest BCUT2D eigenvalue weighted by Crippen LogP contribution is 2.31. The van der Waals surface area contributed by atoms with Crippen molar-refractivity contribution in [2.24, 2.45) is 0 Å². The van der Waals surface area contributed by atoms with Crippen molar-refractivity contribution in [2.75, 3.05) is 30.9 Å². The molecule has 20 heavy (non-hydrogen) atoms. The van der Waals surface area contributed by atoms with Crippen LogP contribution in [-0.2, 0) is 6.54 Å². The molecule has 106 valence electrons. The molecule has 0 fully saturated rings. The summed E-state index contributed by atoms with van der Waals surface area (Å²) in [7, 11) is 3.63. The number of methoxy groups -OCH3 is 1. The fourth-order valence-electron chi connectivity index (χ4n) is 2.05. The van der Waals surface area contributed by atoms with Crippen LogP contribution in [0.5, 0.6) is 5.75 Å². The van der Waals surface area contributed by atoms with Crippen LogP contribution in [0.3, 0.4) is 0 Å². The highest BCUT2D eigenvalue weighted by atomic mass is 16.5. The summed E-state index contributed by atoms with van der Waals surface area (Å²) < 4.78 is 5.46. The number of nitrogens with one attached hydrogen (secondary N) is 1. The Morgan fingerprint density at radius 3 is 2.60 bits per heavy atom. The number of nitrogens with zero attached hydrogens (tertiary/aromatic N) is 3. The zero-order valence-electron chi connectivity index (χ0n) is 12.1. The summed E-state index contributed by atoms with van der Waals surface area (Å²) in [5.74, 6) is 2.18. The molecular formula is C15H20N4O. The van der Waals surface area contributed by atoms with E-state index in [1.54, 1.807) is 13.4 Å². The first-order valence-corrected chi connectivity index (χ1v) is 6.64. The summed E-state index contributed by atoms with van der Waals surface area (Å²) in [6.45, 7) is 3.57. The highest BCUT2D eigenvalue weighted by molar-refractivity contribution is 5.64. The number of aromatic nitrogens is 2. The molecule has 0 radical (unpaired) electrons. The smallest absolute Gasteiger partial charge is 0.204 e. The minimum absolute atomic E-state index is 0.674. The minimum atomic E-state index is 0.674. The molecule has 0 aliphatic rings. The van der Waals surface area contributed by atoms with Gasteiger partial charge in [-0.2, -0.15) is 0 Å². The first-order valence-electron chi connectivity index (χ1n) is 6.64. The van der Waals surface area contributed by atoms with Crippen LogP contribution < -0.4 is 15.0 Å². The Morgan fingerprint density at radius 2 is 1.95 bits per heavy atom. The summed E-state index contributed by atoms with van der Waals surface area (Å²) in [6, 6.07) is 10.3. The van der Waals surface area contributed by atoms with E-state index >= 15 is 0 Å². The lowest BCUT2D eigenvalue weighted by atomic mass is 10.2. The third-order valence-electron chi connectivity index (χ3n) is 2.96. The molecule has 1 N–H and O–H groups in total. The number of hydrogen-bond donors (Lipinski definition) is 1. The average Bonchev–Trinajstić information content (AvgIpc) is 2.48. The van der Waals surface area contributed by atoms with Crippen LogP contribution in [-0.4, -0.2) is 30.7 Å². The number of rotatable bonds is 6. The quantitative estimate of drug-likeness (QED) is 0.875. The molecule has 0 spiro atoms. The molecule has 0 saturated heterocycles. The molecule has 5 nitrogen and oxygen atoms in total. The van der Waals surface area contributed by atoms with Gasteiger partial charge in [0, 0.05) is 20.1 Å². The van der Waals surface area contributed by atoms with Gasteiger partial charge >= 0.3 is 0 Å². The SMILES string of the molecule is CCNc1ncnc(N(C)Cc2ccccc2)c1OC. The predicted octanol–water partition coefficient (Wildman–Crippen LogP) is 2.55. The highest BCUT2D eigenvalue weighted by Gasteiger charge is 2.15. The van der Waals surface area contributed by atoms with Gasteiger partial charge in [-0.1, -0.05) is 30.3 Å². The Balaban J connectivity index is 2.25. The largest absolute Gasteiger partial charge is 0.490 e. The molecule has 0 aliphatic heterocycles. The summed E-state index contributed by atoms with van der Waals surface area (Å²) in [4.78, 5) is 10.6. The van der Waals surface area contributed by atoms with Crippen molar-refractivity contribution >= 4 is 11.6 Å². The number of benzene rings is 1. The number of hydrogen-bond acceptors (Lipinski definition) is 5. The Bertz CT molecular complexity index is 545. The van der Waals surface area contributed by atoms with Crippen molar-refractivity contribution in [3.63, 3.8) is 0 Å². The van der Waals surface area contributed by atoms with E-state index in [1.165, 1.54) is 5.56 Å². The van der Waals surface area contributed by atoms with E-state index in [9.17, 15) is 0 Å². The van der Waals surface area contributed by atoms with Crippen molar-refractivity contribution in [2.45, 2.75) is 13.5 Å². The van der Waals surface area contributed by atoms with Gasteiger partial charge in [-0.3, -0.25) is 0 Å². The second-order valence-electron chi connectivity index (χ2n) is 4.45. The van der Waals surface area contributed by atoms with E-state index in [0.717, 1.165) is 24.7 Å². The summed E-state index contributed by atoms with van der Waals surface area (Å²) in [5.41, 5.74) is 1.22. The Hall–Kier alpha value is -2.30. The lowest BCUT2D eigenvalue weighted by Gasteiger charge is -2.21. The molecule has 5 heteroatoms. The zero-order chi connectivity index (χ0) is 14.4. The summed E-state index contributed by atoms with van der Waals surface area (Å²) in [5, 5.41) is 3.18. The van der Waals surface area contributed by atoms with Gasteiger partial charge in [-0.25, -0.2) is 9.97 Å². The second-order valence-corrected chi connectivity index (χ2v) is 4.45. The van der Waals surface area contributed by atoms with Gasteiger partial charge in [0.25, 0.3) is 0 Å². The van der Waals surface area contributed by atoms with Gasteiger partial charge in [0.05, 0.1) is 7.11 Å². The molecule has 0 bridgehead atoms. The third kappa shape index (κ3) is 3.17. The fourth-order valence-corrected chi connectivity index (χ4v) is 2.05. The lowest BCUT2D eigenvalue weighted by Crippen LogP contribution is -2.19. The van der Waals surface area contributed by atoms with Crippen LogP contribution in [0, 0.1) is 0 Å². The molecule has 0 aliphatic carbocycles. The maximum atomic E-state index is 5.46. The van der Waals surface area contributed by atoms with E-state index in [-0.39, 0.29) is 0 Å². The Morgan fingerprint density at radius 1 is 1.20 bits per heavy atom. The fraction of sp³-hybridized carbons (Fsp3) is 0.333. The van der Waals surface area contributed by atoms with Crippen molar-refractivity contribution in [1.82, 2.24) is 9.97 Å². The monoisotopic (exact) mass is 272 g/mol. The molecule has 0 unspecified atom stereocenters. The number of ether oxygens (including phenoxy) is 1. The average molecular weight is 272 g/mol. The molecule has 2 aromatic rings. The molecule has 0 saturated carbocycles. The Kier molecular flexibility index (Phi) is 4.76. The number of anilines is 2. The Labute approximate surface area is 119 Å². The maximum absolute atomic E-state index is 5.46. The van der Waals surface area contributed by atoms with Gasteiger partial charge in [0.1, 0.15) is 6.33 Å². The van der Waals surface area contributed by atoms with E-state index < -0.39 is 0 Å². The first kappa shape index (κ1) is 14.1. The standard InChI is InChI=1S/C15H20N4O/c1-4-16-14-13(20-3)15(18-11-17-14)19(2)10-12-8-6-5-7-9-12/h5-9,11H,4,10H2,1-3H3,(H,16,17,18). The maximum Gasteiger partial charge on any atom is 0.204 e. The van der Waals surface area contributed by atoms with Gasteiger partial charge in [0.2, 0.25) is 5.75 Å². The van der Waals surface area contributed by atoms with Crippen molar-refractivity contribution < 1.29 is 4.74 Å². The van der Waals surface area contributed by atoms with Crippen molar-refractivity contribution in [3.8, 4) is 5.75 Å². The molecular weight excluding hydrogens is 252 g/mol. The van der Waals surface area contributed by atoms with Crippen LogP contribution in [0.15, 0.2) is 36.7 Å².